The molecule has 0 fully saturated rings. The fraction of sp³-hybridized carbons (Fsp3) is 0.0909. The van der Waals surface area contributed by atoms with Crippen LogP contribution in [0.15, 0.2) is 36.4 Å². The van der Waals surface area contributed by atoms with Gasteiger partial charge in [0.1, 0.15) is 5.69 Å². The molecule has 0 saturated heterocycles. The molecule has 15 heavy (non-hydrogen) atoms. The monoisotopic (exact) mass is 201 g/mol. The van der Waals surface area contributed by atoms with E-state index in [1.165, 1.54) is 7.11 Å². The molecule has 0 atom stereocenters. The lowest BCUT2D eigenvalue weighted by molar-refractivity contribution is 0.399. The van der Waals surface area contributed by atoms with Crippen molar-refractivity contribution in [3.63, 3.8) is 0 Å². The maximum atomic E-state index is 7.46. The van der Waals surface area contributed by atoms with Crippen molar-refractivity contribution in [3.05, 3.63) is 42.1 Å². The number of hydrogen-bond acceptors (Lipinski definition) is 3. The summed E-state index contributed by atoms with van der Waals surface area (Å²) in [5.74, 6) is 0.0877. The number of rotatable bonds is 2. The van der Waals surface area contributed by atoms with Gasteiger partial charge in [-0.3, -0.25) is 10.5 Å². The highest BCUT2D eigenvalue weighted by molar-refractivity contribution is 5.90. The number of methoxy groups -OCH3 is 1. The van der Waals surface area contributed by atoms with Crippen LogP contribution in [0.25, 0.3) is 11.3 Å². The molecule has 2 N–H and O–H groups in total. The molecular formula is C11H11N3O. The maximum Gasteiger partial charge on any atom is 0.231 e. The average Bonchev–Trinajstić information content (AvgIpc) is 2.78. The molecule has 0 spiro atoms. The second-order valence-corrected chi connectivity index (χ2v) is 3.07. The molecule has 0 aliphatic carbocycles. The van der Waals surface area contributed by atoms with E-state index in [4.69, 9.17) is 10.1 Å². The fourth-order valence-corrected chi connectivity index (χ4v) is 1.30. The van der Waals surface area contributed by atoms with Crippen molar-refractivity contribution >= 4 is 5.90 Å². The largest absolute Gasteiger partial charge is 0.480 e. The highest BCUT2D eigenvalue weighted by Crippen LogP contribution is 2.16. The van der Waals surface area contributed by atoms with Gasteiger partial charge in [0.05, 0.1) is 12.8 Å². The van der Waals surface area contributed by atoms with Crippen LogP contribution in [0, 0.1) is 5.41 Å². The Morgan fingerprint density at radius 3 is 2.73 bits per heavy atom. The van der Waals surface area contributed by atoms with Crippen molar-refractivity contribution in [2.24, 2.45) is 0 Å². The van der Waals surface area contributed by atoms with E-state index in [-0.39, 0.29) is 5.90 Å². The molecule has 1 heterocycles. The van der Waals surface area contributed by atoms with Gasteiger partial charge in [-0.2, -0.15) is 5.10 Å². The van der Waals surface area contributed by atoms with E-state index >= 15 is 0 Å². The summed E-state index contributed by atoms with van der Waals surface area (Å²) in [6, 6.07) is 11.6. The van der Waals surface area contributed by atoms with Gasteiger partial charge >= 0.3 is 0 Å². The molecule has 0 saturated carbocycles. The van der Waals surface area contributed by atoms with Gasteiger partial charge in [-0.1, -0.05) is 30.3 Å². The molecule has 1 aromatic carbocycles. The van der Waals surface area contributed by atoms with Crippen LogP contribution in [0.3, 0.4) is 0 Å². The molecule has 0 radical (unpaired) electrons. The van der Waals surface area contributed by atoms with E-state index in [1.807, 2.05) is 30.3 Å². The van der Waals surface area contributed by atoms with Crippen molar-refractivity contribution in [1.29, 1.82) is 5.41 Å². The number of hydrogen-bond donors (Lipinski definition) is 2. The molecule has 0 amide bonds. The Bertz CT molecular complexity index is 462. The van der Waals surface area contributed by atoms with E-state index in [0.717, 1.165) is 11.3 Å². The van der Waals surface area contributed by atoms with E-state index in [2.05, 4.69) is 10.2 Å². The predicted octanol–water partition coefficient (Wildman–Crippen LogP) is 2.05. The Morgan fingerprint density at radius 2 is 2.07 bits per heavy atom. The van der Waals surface area contributed by atoms with Gasteiger partial charge in [0, 0.05) is 5.56 Å². The van der Waals surface area contributed by atoms with E-state index < -0.39 is 0 Å². The van der Waals surface area contributed by atoms with E-state index in [9.17, 15) is 0 Å². The molecule has 2 rings (SSSR count). The summed E-state index contributed by atoms with van der Waals surface area (Å²) < 4.78 is 4.80. The zero-order valence-electron chi connectivity index (χ0n) is 8.32. The third-order valence-electron chi connectivity index (χ3n) is 2.10. The summed E-state index contributed by atoms with van der Waals surface area (Å²) in [5.41, 5.74) is 2.41. The smallest absolute Gasteiger partial charge is 0.231 e. The van der Waals surface area contributed by atoms with E-state index in [0.29, 0.717) is 5.69 Å². The number of nitrogens with zero attached hydrogens (tertiary/aromatic N) is 1. The summed E-state index contributed by atoms with van der Waals surface area (Å²) in [4.78, 5) is 0. The van der Waals surface area contributed by atoms with Crippen LogP contribution in [0.1, 0.15) is 5.69 Å². The Labute approximate surface area is 87.4 Å². The van der Waals surface area contributed by atoms with Crippen LogP contribution in [0.4, 0.5) is 0 Å². The topological polar surface area (TPSA) is 61.8 Å². The molecule has 2 aromatic rings. The Kier molecular flexibility index (Phi) is 2.49. The van der Waals surface area contributed by atoms with Gasteiger partial charge < -0.3 is 4.74 Å². The maximum absolute atomic E-state index is 7.46. The zero-order valence-corrected chi connectivity index (χ0v) is 8.32. The third kappa shape index (κ3) is 1.88. The predicted molar refractivity (Wildman–Crippen MR) is 57.9 cm³/mol. The normalized spacial score (nSPS) is 9.93. The number of aromatic amines is 1. The van der Waals surface area contributed by atoms with Gasteiger partial charge in [-0.05, 0) is 6.07 Å². The lowest BCUT2D eigenvalue weighted by atomic mass is 10.1. The fourth-order valence-electron chi connectivity index (χ4n) is 1.30. The first kappa shape index (κ1) is 9.45. The minimum absolute atomic E-state index is 0.0877. The molecule has 0 unspecified atom stereocenters. The van der Waals surface area contributed by atoms with Crippen molar-refractivity contribution < 1.29 is 4.74 Å². The summed E-state index contributed by atoms with van der Waals surface area (Å²) in [6.07, 6.45) is 0. The minimum atomic E-state index is 0.0877. The molecule has 0 aliphatic rings. The second kappa shape index (κ2) is 3.96. The van der Waals surface area contributed by atoms with Gasteiger partial charge in [0.15, 0.2) is 0 Å². The number of benzene rings is 1. The van der Waals surface area contributed by atoms with Crippen molar-refractivity contribution in [1.82, 2.24) is 10.2 Å². The minimum Gasteiger partial charge on any atom is -0.480 e. The SMILES string of the molecule is COC(=N)c1cc(-c2ccccc2)n[nH]1. The average molecular weight is 201 g/mol. The van der Waals surface area contributed by atoms with Crippen LogP contribution in [0.5, 0.6) is 0 Å². The van der Waals surface area contributed by atoms with Crippen LogP contribution >= 0.6 is 0 Å². The number of nitrogens with one attached hydrogen (secondary N) is 2. The van der Waals surface area contributed by atoms with E-state index in [1.54, 1.807) is 6.07 Å². The Hall–Kier alpha value is -2.10. The van der Waals surface area contributed by atoms with Crippen molar-refractivity contribution in [2.75, 3.05) is 7.11 Å². The van der Waals surface area contributed by atoms with Crippen LogP contribution in [0.2, 0.25) is 0 Å². The highest BCUT2D eigenvalue weighted by atomic mass is 16.5. The number of H-pyrrole nitrogens is 1. The Morgan fingerprint density at radius 1 is 1.33 bits per heavy atom. The van der Waals surface area contributed by atoms with Crippen LogP contribution in [-0.2, 0) is 4.74 Å². The standard InChI is InChI=1S/C11H11N3O/c1-15-11(12)10-7-9(13-14-10)8-5-3-2-4-6-8/h2-7,12H,1H3,(H,13,14). The summed E-state index contributed by atoms with van der Waals surface area (Å²) in [6.45, 7) is 0. The Balaban J connectivity index is 2.32. The first-order chi connectivity index (χ1) is 7.31. The second-order valence-electron chi connectivity index (χ2n) is 3.07. The van der Waals surface area contributed by atoms with Crippen molar-refractivity contribution in [2.45, 2.75) is 0 Å². The molecule has 1 aromatic heterocycles. The molecule has 0 aliphatic heterocycles. The molecule has 0 bridgehead atoms. The summed E-state index contributed by atoms with van der Waals surface area (Å²) in [5, 5.41) is 14.3. The highest BCUT2D eigenvalue weighted by Gasteiger charge is 2.07. The first-order valence-corrected chi connectivity index (χ1v) is 4.55. The number of aromatic nitrogens is 2. The third-order valence-corrected chi connectivity index (χ3v) is 2.10. The van der Waals surface area contributed by atoms with Gasteiger partial charge in [0.25, 0.3) is 0 Å². The zero-order chi connectivity index (χ0) is 10.7. The summed E-state index contributed by atoms with van der Waals surface area (Å²) in [7, 11) is 1.46. The van der Waals surface area contributed by atoms with Crippen LogP contribution in [-0.4, -0.2) is 23.2 Å². The molecule has 4 nitrogen and oxygen atoms in total. The lowest BCUT2D eigenvalue weighted by Gasteiger charge is -1.95. The molecular weight excluding hydrogens is 190 g/mol. The molecule has 76 valence electrons. The van der Waals surface area contributed by atoms with Gasteiger partial charge in [-0.15, -0.1) is 0 Å². The van der Waals surface area contributed by atoms with Crippen LogP contribution < -0.4 is 0 Å². The lowest BCUT2D eigenvalue weighted by Crippen LogP contribution is -2.00. The number of ether oxygens (including phenoxy) is 1. The van der Waals surface area contributed by atoms with Gasteiger partial charge in [0.2, 0.25) is 5.90 Å². The quantitative estimate of drug-likeness (QED) is 0.577. The molecule has 4 heteroatoms. The van der Waals surface area contributed by atoms with Crippen molar-refractivity contribution in [3.8, 4) is 11.3 Å². The van der Waals surface area contributed by atoms with Gasteiger partial charge in [-0.25, -0.2) is 0 Å². The summed E-state index contributed by atoms with van der Waals surface area (Å²) >= 11 is 0. The first-order valence-electron chi connectivity index (χ1n) is 4.55.